The number of halogens is 1. The summed E-state index contributed by atoms with van der Waals surface area (Å²) in [5.41, 5.74) is 0.575. The number of rotatable bonds is 6. The van der Waals surface area contributed by atoms with Crippen molar-refractivity contribution in [2.24, 2.45) is 0 Å². The maximum atomic E-state index is 11.8. The van der Waals surface area contributed by atoms with Crippen LogP contribution in [0, 0.1) is 0 Å². The summed E-state index contributed by atoms with van der Waals surface area (Å²) in [5, 5.41) is 2.75. The standard InChI is InChI=1S/C12H17BrN2O3S/c1-15(19(2,17)18)8-4-7-14-12(16)10-5-3-6-11(13)9-10/h3,5-6,9H,4,7-8H2,1-2H3,(H,14,16). The van der Waals surface area contributed by atoms with Crippen molar-refractivity contribution in [2.75, 3.05) is 26.4 Å². The molecule has 0 fully saturated rings. The van der Waals surface area contributed by atoms with Gasteiger partial charge in [0.25, 0.3) is 5.91 Å². The molecule has 5 nitrogen and oxygen atoms in total. The molecule has 0 spiro atoms. The highest BCUT2D eigenvalue weighted by Gasteiger charge is 2.10. The molecule has 7 heteroatoms. The first-order valence-corrected chi connectivity index (χ1v) is 8.40. The van der Waals surface area contributed by atoms with Gasteiger partial charge in [0.2, 0.25) is 10.0 Å². The van der Waals surface area contributed by atoms with Gasteiger partial charge in [-0.15, -0.1) is 0 Å². The summed E-state index contributed by atoms with van der Waals surface area (Å²) < 4.78 is 24.4. The number of carbonyl (C=O) groups excluding carboxylic acids is 1. The molecule has 0 saturated heterocycles. The first-order chi connectivity index (χ1) is 8.80. The van der Waals surface area contributed by atoms with Gasteiger partial charge in [-0.1, -0.05) is 22.0 Å². The van der Waals surface area contributed by atoms with Crippen LogP contribution < -0.4 is 5.32 Å². The Kier molecular flexibility index (Phi) is 5.96. The Labute approximate surface area is 122 Å². The molecular weight excluding hydrogens is 332 g/mol. The summed E-state index contributed by atoms with van der Waals surface area (Å²) in [6, 6.07) is 7.09. The lowest BCUT2D eigenvalue weighted by Crippen LogP contribution is -2.30. The molecule has 1 amide bonds. The van der Waals surface area contributed by atoms with Crippen LogP contribution in [0.3, 0.4) is 0 Å². The van der Waals surface area contributed by atoms with Crippen LogP contribution in [0.25, 0.3) is 0 Å². The highest BCUT2D eigenvalue weighted by molar-refractivity contribution is 9.10. The highest BCUT2D eigenvalue weighted by Crippen LogP contribution is 2.11. The predicted molar refractivity (Wildman–Crippen MR) is 78.6 cm³/mol. The van der Waals surface area contributed by atoms with Crippen LogP contribution in [0.5, 0.6) is 0 Å². The Bertz CT molecular complexity index is 546. The molecular formula is C12H17BrN2O3S. The molecule has 1 rings (SSSR count). The quantitative estimate of drug-likeness (QED) is 0.791. The van der Waals surface area contributed by atoms with Gasteiger partial charge in [-0.3, -0.25) is 4.79 Å². The molecule has 106 valence electrons. The Hall–Kier alpha value is -0.920. The molecule has 1 aromatic carbocycles. The summed E-state index contributed by atoms with van der Waals surface area (Å²) in [4.78, 5) is 11.8. The Morgan fingerprint density at radius 2 is 2.11 bits per heavy atom. The fourth-order valence-corrected chi connectivity index (χ4v) is 2.26. The average molecular weight is 349 g/mol. The molecule has 0 aromatic heterocycles. The molecule has 0 radical (unpaired) electrons. The molecule has 0 aliphatic rings. The van der Waals surface area contributed by atoms with Gasteiger partial charge in [0.1, 0.15) is 0 Å². The lowest BCUT2D eigenvalue weighted by molar-refractivity contribution is 0.0953. The van der Waals surface area contributed by atoms with Crippen LogP contribution in [0.4, 0.5) is 0 Å². The molecule has 0 bridgehead atoms. The second kappa shape index (κ2) is 7.02. The Morgan fingerprint density at radius 1 is 1.42 bits per heavy atom. The van der Waals surface area contributed by atoms with Gasteiger partial charge in [0.05, 0.1) is 6.26 Å². The van der Waals surface area contributed by atoms with Crippen molar-refractivity contribution in [1.82, 2.24) is 9.62 Å². The van der Waals surface area contributed by atoms with E-state index in [1.165, 1.54) is 11.4 Å². The minimum atomic E-state index is -3.15. The third-order valence-corrected chi connectivity index (χ3v) is 4.40. The lowest BCUT2D eigenvalue weighted by Gasteiger charge is -2.13. The van der Waals surface area contributed by atoms with Crippen molar-refractivity contribution < 1.29 is 13.2 Å². The third kappa shape index (κ3) is 5.71. The zero-order chi connectivity index (χ0) is 14.5. The number of nitrogens with one attached hydrogen (secondary N) is 1. The SMILES string of the molecule is CN(CCCNC(=O)c1cccc(Br)c1)S(C)(=O)=O. The molecule has 1 N–H and O–H groups in total. The van der Waals surface area contributed by atoms with E-state index in [1.54, 1.807) is 18.2 Å². The van der Waals surface area contributed by atoms with Crippen molar-refractivity contribution in [3.8, 4) is 0 Å². The normalized spacial score (nSPS) is 11.6. The molecule has 19 heavy (non-hydrogen) atoms. The number of sulfonamides is 1. The fraction of sp³-hybridized carbons (Fsp3) is 0.417. The number of benzene rings is 1. The summed E-state index contributed by atoms with van der Waals surface area (Å²) in [6.07, 6.45) is 1.73. The van der Waals surface area contributed by atoms with E-state index >= 15 is 0 Å². The van der Waals surface area contributed by atoms with Crippen molar-refractivity contribution in [3.05, 3.63) is 34.3 Å². The predicted octanol–water partition coefficient (Wildman–Crippen LogP) is 1.46. The zero-order valence-corrected chi connectivity index (χ0v) is 13.3. The summed E-state index contributed by atoms with van der Waals surface area (Å²) in [6.45, 7) is 0.822. The van der Waals surface area contributed by atoms with Crippen LogP contribution in [0.2, 0.25) is 0 Å². The van der Waals surface area contributed by atoms with Crippen molar-refractivity contribution in [1.29, 1.82) is 0 Å². The largest absolute Gasteiger partial charge is 0.352 e. The summed E-state index contributed by atoms with van der Waals surface area (Å²) in [5.74, 6) is -0.164. The molecule has 1 aromatic rings. The minimum absolute atomic E-state index is 0.164. The zero-order valence-electron chi connectivity index (χ0n) is 10.9. The van der Waals surface area contributed by atoms with Crippen molar-refractivity contribution in [2.45, 2.75) is 6.42 Å². The van der Waals surface area contributed by atoms with E-state index in [2.05, 4.69) is 21.2 Å². The maximum absolute atomic E-state index is 11.8. The second-order valence-corrected chi connectivity index (χ2v) is 7.21. The summed E-state index contributed by atoms with van der Waals surface area (Å²) >= 11 is 3.30. The van der Waals surface area contributed by atoms with Gasteiger partial charge in [0.15, 0.2) is 0 Å². The monoisotopic (exact) mass is 348 g/mol. The van der Waals surface area contributed by atoms with Gasteiger partial charge in [0, 0.05) is 30.2 Å². The molecule has 0 aliphatic heterocycles. The topological polar surface area (TPSA) is 66.5 Å². The first-order valence-electron chi connectivity index (χ1n) is 5.76. The highest BCUT2D eigenvalue weighted by atomic mass is 79.9. The Morgan fingerprint density at radius 3 is 2.68 bits per heavy atom. The molecule has 0 unspecified atom stereocenters. The smallest absolute Gasteiger partial charge is 0.251 e. The van der Waals surface area contributed by atoms with E-state index in [4.69, 9.17) is 0 Å². The van der Waals surface area contributed by atoms with Crippen LogP contribution in [-0.4, -0.2) is 45.0 Å². The van der Waals surface area contributed by atoms with Gasteiger partial charge < -0.3 is 5.32 Å². The molecule has 0 aliphatic carbocycles. The number of carbonyl (C=O) groups is 1. The minimum Gasteiger partial charge on any atom is -0.352 e. The number of nitrogens with zero attached hydrogens (tertiary/aromatic N) is 1. The number of amides is 1. The van der Waals surface area contributed by atoms with Crippen molar-refractivity contribution >= 4 is 31.9 Å². The fourth-order valence-electron chi connectivity index (χ4n) is 1.40. The Balaban J connectivity index is 2.36. The van der Waals surface area contributed by atoms with Gasteiger partial charge >= 0.3 is 0 Å². The maximum Gasteiger partial charge on any atom is 0.251 e. The van der Waals surface area contributed by atoms with Crippen LogP contribution >= 0.6 is 15.9 Å². The van der Waals surface area contributed by atoms with E-state index in [0.717, 1.165) is 10.7 Å². The second-order valence-electron chi connectivity index (χ2n) is 4.20. The van der Waals surface area contributed by atoms with E-state index in [0.29, 0.717) is 25.1 Å². The van der Waals surface area contributed by atoms with E-state index < -0.39 is 10.0 Å². The van der Waals surface area contributed by atoms with Gasteiger partial charge in [-0.25, -0.2) is 12.7 Å². The van der Waals surface area contributed by atoms with Crippen LogP contribution in [-0.2, 0) is 10.0 Å². The first kappa shape index (κ1) is 16.1. The van der Waals surface area contributed by atoms with Gasteiger partial charge in [-0.2, -0.15) is 0 Å². The average Bonchev–Trinajstić information content (AvgIpc) is 2.32. The van der Waals surface area contributed by atoms with Crippen molar-refractivity contribution in [3.63, 3.8) is 0 Å². The van der Waals surface area contributed by atoms with Gasteiger partial charge in [-0.05, 0) is 24.6 Å². The number of hydrogen-bond acceptors (Lipinski definition) is 3. The van der Waals surface area contributed by atoms with E-state index in [-0.39, 0.29) is 5.91 Å². The van der Waals surface area contributed by atoms with Crippen LogP contribution in [0.15, 0.2) is 28.7 Å². The number of hydrogen-bond donors (Lipinski definition) is 1. The lowest BCUT2D eigenvalue weighted by atomic mass is 10.2. The third-order valence-electron chi connectivity index (χ3n) is 2.59. The van der Waals surface area contributed by atoms with E-state index in [9.17, 15) is 13.2 Å². The van der Waals surface area contributed by atoms with Crippen LogP contribution in [0.1, 0.15) is 16.8 Å². The molecule has 0 atom stereocenters. The summed E-state index contributed by atoms with van der Waals surface area (Å²) in [7, 11) is -1.63. The molecule has 0 saturated carbocycles. The van der Waals surface area contributed by atoms with E-state index in [1.807, 2.05) is 6.07 Å². The molecule has 0 heterocycles.